The number of nitrogens with one attached hydrogen (secondary N) is 1. The summed E-state index contributed by atoms with van der Waals surface area (Å²) in [7, 11) is 0. The van der Waals surface area contributed by atoms with Crippen LogP contribution < -0.4 is 11.1 Å². The minimum absolute atomic E-state index is 0.523. The first kappa shape index (κ1) is 13.5. The second-order valence-corrected chi connectivity index (χ2v) is 5.57. The summed E-state index contributed by atoms with van der Waals surface area (Å²) in [6.45, 7) is 0.642. The number of rotatable bonds is 3. The summed E-state index contributed by atoms with van der Waals surface area (Å²) in [5.41, 5.74) is 8.04. The number of halogens is 3. The van der Waals surface area contributed by atoms with E-state index >= 15 is 0 Å². The normalized spacial score (nSPS) is 10.4. The van der Waals surface area contributed by atoms with Gasteiger partial charge in [-0.3, -0.25) is 0 Å². The van der Waals surface area contributed by atoms with Crippen LogP contribution in [0.25, 0.3) is 0 Å². The zero-order chi connectivity index (χ0) is 13.1. The fourth-order valence-corrected chi connectivity index (χ4v) is 2.68. The van der Waals surface area contributed by atoms with Gasteiger partial charge in [0.25, 0.3) is 0 Å². The molecule has 0 amide bonds. The third-order valence-corrected chi connectivity index (χ3v) is 3.51. The molecule has 0 aliphatic carbocycles. The Morgan fingerprint density at radius 3 is 2.39 bits per heavy atom. The quantitative estimate of drug-likeness (QED) is 0.772. The highest BCUT2D eigenvalue weighted by Gasteiger charge is 2.07. The zero-order valence-electron chi connectivity index (χ0n) is 9.38. The van der Waals surface area contributed by atoms with Crippen molar-refractivity contribution in [2.24, 2.45) is 0 Å². The van der Waals surface area contributed by atoms with E-state index in [9.17, 15) is 0 Å². The maximum atomic E-state index is 6.10. The second-order valence-electron chi connectivity index (χ2n) is 3.84. The van der Waals surface area contributed by atoms with E-state index in [-0.39, 0.29) is 0 Å². The molecule has 0 bridgehead atoms. The molecule has 94 valence electrons. The molecule has 0 radical (unpaired) electrons. The summed E-state index contributed by atoms with van der Waals surface area (Å²) in [5, 5.41) is 4.26. The van der Waals surface area contributed by atoms with Crippen LogP contribution in [0, 0.1) is 0 Å². The molecule has 0 aliphatic heterocycles. The number of hydrogen-bond donors (Lipinski definition) is 2. The van der Waals surface area contributed by atoms with Crippen LogP contribution >= 0.6 is 39.1 Å². The lowest BCUT2D eigenvalue weighted by Crippen LogP contribution is -2.01. The first-order valence-corrected chi connectivity index (χ1v) is 6.84. The standard InChI is InChI=1S/C13H11BrCl2N2/c14-9-3-1-2-8(4-9)7-18-13-11(15)5-10(17)6-12(13)16/h1-6,18H,7,17H2. The van der Waals surface area contributed by atoms with Crippen LogP contribution in [-0.4, -0.2) is 0 Å². The average Bonchev–Trinajstić information content (AvgIpc) is 2.27. The van der Waals surface area contributed by atoms with Crippen molar-refractivity contribution in [2.75, 3.05) is 11.1 Å². The first-order chi connectivity index (χ1) is 8.56. The van der Waals surface area contributed by atoms with Crippen molar-refractivity contribution in [2.45, 2.75) is 6.54 Å². The van der Waals surface area contributed by atoms with Crippen molar-refractivity contribution in [1.29, 1.82) is 0 Å². The van der Waals surface area contributed by atoms with Gasteiger partial charge in [-0.05, 0) is 29.8 Å². The van der Waals surface area contributed by atoms with Crippen LogP contribution in [0.15, 0.2) is 40.9 Å². The highest BCUT2D eigenvalue weighted by molar-refractivity contribution is 9.10. The molecule has 2 rings (SSSR count). The van der Waals surface area contributed by atoms with Gasteiger partial charge in [0.15, 0.2) is 0 Å². The van der Waals surface area contributed by atoms with Crippen molar-refractivity contribution in [3.8, 4) is 0 Å². The van der Waals surface area contributed by atoms with Crippen molar-refractivity contribution in [1.82, 2.24) is 0 Å². The Labute approximate surface area is 124 Å². The molecule has 0 heterocycles. The fourth-order valence-electron chi connectivity index (χ4n) is 1.60. The Kier molecular flexibility index (Phi) is 4.38. The number of hydrogen-bond acceptors (Lipinski definition) is 2. The van der Waals surface area contributed by atoms with Gasteiger partial charge in [-0.2, -0.15) is 0 Å². The molecule has 0 fully saturated rings. The molecule has 0 atom stereocenters. The summed E-state index contributed by atoms with van der Waals surface area (Å²) in [5.74, 6) is 0. The van der Waals surface area contributed by atoms with Crippen LogP contribution in [0.4, 0.5) is 11.4 Å². The average molecular weight is 346 g/mol. The molecule has 3 N–H and O–H groups in total. The van der Waals surface area contributed by atoms with Gasteiger partial charge in [0.05, 0.1) is 15.7 Å². The predicted octanol–water partition coefficient (Wildman–Crippen LogP) is 4.95. The van der Waals surface area contributed by atoms with Gasteiger partial charge < -0.3 is 11.1 Å². The van der Waals surface area contributed by atoms with Crippen LogP contribution in [0.5, 0.6) is 0 Å². The van der Waals surface area contributed by atoms with Crippen LogP contribution in [0.2, 0.25) is 10.0 Å². The predicted molar refractivity (Wildman–Crippen MR) is 82.3 cm³/mol. The number of anilines is 2. The molecule has 0 saturated heterocycles. The number of nitrogens with two attached hydrogens (primary N) is 1. The molecular formula is C13H11BrCl2N2. The van der Waals surface area contributed by atoms with Gasteiger partial charge in [-0.1, -0.05) is 51.3 Å². The van der Waals surface area contributed by atoms with Gasteiger partial charge in [-0.15, -0.1) is 0 Å². The molecule has 5 heteroatoms. The lowest BCUT2D eigenvalue weighted by molar-refractivity contribution is 1.15. The molecule has 2 aromatic carbocycles. The Morgan fingerprint density at radius 1 is 1.11 bits per heavy atom. The molecule has 18 heavy (non-hydrogen) atoms. The van der Waals surface area contributed by atoms with Gasteiger partial charge in [0.2, 0.25) is 0 Å². The highest BCUT2D eigenvalue weighted by Crippen LogP contribution is 2.33. The maximum absolute atomic E-state index is 6.10. The molecular weight excluding hydrogens is 335 g/mol. The lowest BCUT2D eigenvalue weighted by Gasteiger charge is -2.11. The fraction of sp³-hybridized carbons (Fsp3) is 0.0769. The third kappa shape index (κ3) is 3.31. The molecule has 0 unspecified atom stereocenters. The summed E-state index contributed by atoms with van der Waals surface area (Å²) in [6.07, 6.45) is 0. The SMILES string of the molecule is Nc1cc(Cl)c(NCc2cccc(Br)c2)c(Cl)c1. The molecule has 0 saturated carbocycles. The Bertz CT molecular complexity index is 550. The van der Waals surface area contributed by atoms with Crippen molar-refractivity contribution < 1.29 is 0 Å². The third-order valence-electron chi connectivity index (χ3n) is 2.42. The molecule has 2 nitrogen and oxygen atoms in total. The number of benzene rings is 2. The molecule has 0 spiro atoms. The second kappa shape index (κ2) is 5.83. The number of nitrogen functional groups attached to an aromatic ring is 1. The van der Waals surface area contributed by atoms with Crippen LogP contribution in [0.1, 0.15) is 5.56 Å². The molecule has 0 aliphatic rings. The summed E-state index contributed by atoms with van der Waals surface area (Å²) in [6, 6.07) is 11.4. The highest BCUT2D eigenvalue weighted by atomic mass is 79.9. The zero-order valence-corrected chi connectivity index (χ0v) is 12.5. The van der Waals surface area contributed by atoms with E-state index in [1.165, 1.54) is 0 Å². The molecule has 2 aromatic rings. The Morgan fingerprint density at radius 2 is 1.78 bits per heavy atom. The molecule has 0 aromatic heterocycles. The minimum atomic E-state index is 0.523. The van der Waals surface area contributed by atoms with E-state index in [1.807, 2.05) is 24.3 Å². The first-order valence-electron chi connectivity index (χ1n) is 5.29. The van der Waals surface area contributed by atoms with E-state index in [0.717, 1.165) is 10.0 Å². The van der Waals surface area contributed by atoms with E-state index in [0.29, 0.717) is 28.0 Å². The topological polar surface area (TPSA) is 38.0 Å². The Balaban J connectivity index is 2.16. The van der Waals surface area contributed by atoms with Crippen LogP contribution in [0.3, 0.4) is 0 Å². The van der Waals surface area contributed by atoms with E-state index in [4.69, 9.17) is 28.9 Å². The van der Waals surface area contributed by atoms with Crippen LogP contribution in [-0.2, 0) is 6.54 Å². The Hall–Kier alpha value is -0.900. The monoisotopic (exact) mass is 344 g/mol. The lowest BCUT2D eigenvalue weighted by atomic mass is 10.2. The van der Waals surface area contributed by atoms with Gasteiger partial charge >= 0.3 is 0 Å². The van der Waals surface area contributed by atoms with Crippen molar-refractivity contribution in [3.63, 3.8) is 0 Å². The van der Waals surface area contributed by atoms with Gasteiger partial charge in [0, 0.05) is 16.7 Å². The summed E-state index contributed by atoms with van der Waals surface area (Å²) >= 11 is 15.6. The van der Waals surface area contributed by atoms with E-state index in [2.05, 4.69) is 21.2 Å². The van der Waals surface area contributed by atoms with E-state index in [1.54, 1.807) is 12.1 Å². The van der Waals surface area contributed by atoms with E-state index < -0.39 is 0 Å². The maximum Gasteiger partial charge on any atom is 0.0723 e. The summed E-state index contributed by atoms with van der Waals surface area (Å²) < 4.78 is 1.04. The largest absolute Gasteiger partial charge is 0.399 e. The van der Waals surface area contributed by atoms with Gasteiger partial charge in [-0.25, -0.2) is 0 Å². The van der Waals surface area contributed by atoms with Gasteiger partial charge in [0.1, 0.15) is 0 Å². The van der Waals surface area contributed by atoms with Crippen molar-refractivity contribution >= 4 is 50.5 Å². The van der Waals surface area contributed by atoms with Crippen molar-refractivity contribution in [3.05, 3.63) is 56.5 Å². The smallest absolute Gasteiger partial charge is 0.0723 e. The minimum Gasteiger partial charge on any atom is -0.399 e. The summed E-state index contributed by atoms with van der Waals surface area (Å²) in [4.78, 5) is 0.